The van der Waals surface area contributed by atoms with Gasteiger partial charge in [-0.1, -0.05) is 18.2 Å². The molecule has 0 saturated carbocycles. The molecule has 0 unspecified atom stereocenters. The van der Waals surface area contributed by atoms with Crippen molar-refractivity contribution in [3.8, 4) is 0 Å². The Bertz CT molecular complexity index is 850. The highest BCUT2D eigenvalue weighted by atomic mass is 16.1. The van der Waals surface area contributed by atoms with Crippen molar-refractivity contribution in [1.29, 1.82) is 0 Å². The molecule has 0 atom stereocenters. The van der Waals surface area contributed by atoms with Crippen LogP contribution in [0, 0.1) is 6.92 Å². The Balaban J connectivity index is 1.62. The Morgan fingerprint density at radius 1 is 1.07 bits per heavy atom. The lowest BCUT2D eigenvalue weighted by Crippen LogP contribution is -2.43. The molecule has 1 fully saturated rings. The molecule has 7 nitrogen and oxygen atoms in total. The third-order valence-corrected chi connectivity index (χ3v) is 4.93. The smallest absolute Gasteiger partial charge is 0.255 e. The van der Waals surface area contributed by atoms with Crippen LogP contribution in [0.25, 0.3) is 0 Å². The maximum atomic E-state index is 12.6. The van der Waals surface area contributed by atoms with Gasteiger partial charge in [-0.3, -0.25) is 9.69 Å². The number of carbonyl (C=O) groups excluding carboxylic acids is 1. The number of benzene rings is 2. The Kier molecular flexibility index (Phi) is 6.28. The molecular weight excluding hydrogens is 352 g/mol. The van der Waals surface area contributed by atoms with E-state index in [9.17, 15) is 4.79 Å². The molecule has 3 rings (SSSR count). The molecule has 28 heavy (non-hydrogen) atoms. The van der Waals surface area contributed by atoms with Gasteiger partial charge in [0.1, 0.15) is 0 Å². The van der Waals surface area contributed by atoms with E-state index in [1.165, 1.54) is 5.56 Å². The van der Waals surface area contributed by atoms with Crippen LogP contribution < -0.4 is 16.8 Å². The van der Waals surface area contributed by atoms with Gasteiger partial charge >= 0.3 is 0 Å². The zero-order valence-electron chi connectivity index (χ0n) is 16.5. The fraction of sp³-hybridized carbons (Fsp3) is 0.333. The standard InChI is InChI=1S/C21H28N6O/c1-15-3-8-18(13-19(15)25-21(22)23)24-20(28)17-6-4-16(5-7-17)14-27-11-9-26(2)10-12-27/h3-8,13H,9-12,14H2,1-2H3,(H,24,28)(H4,22,23,25). The van der Waals surface area contributed by atoms with Crippen LogP contribution in [0.5, 0.6) is 0 Å². The Morgan fingerprint density at radius 2 is 1.75 bits per heavy atom. The van der Waals surface area contributed by atoms with Crippen LogP contribution in [-0.4, -0.2) is 54.9 Å². The van der Waals surface area contributed by atoms with E-state index in [1.54, 1.807) is 6.07 Å². The zero-order chi connectivity index (χ0) is 20.1. The molecule has 1 aliphatic rings. The first-order valence-electron chi connectivity index (χ1n) is 9.42. The molecule has 0 aliphatic carbocycles. The molecule has 1 amide bonds. The normalized spacial score (nSPS) is 15.2. The number of nitrogens with zero attached hydrogens (tertiary/aromatic N) is 3. The van der Waals surface area contributed by atoms with E-state index in [0.29, 0.717) is 16.9 Å². The summed E-state index contributed by atoms with van der Waals surface area (Å²) in [5.41, 5.74) is 15.0. The summed E-state index contributed by atoms with van der Waals surface area (Å²) >= 11 is 0. The monoisotopic (exact) mass is 380 g/mol. The number of guanidine groups is 1. The second-order valence-electron chi connectivity index (χ2n) is 7.27. The Hall–Kier alpha value is -2.90. The van der Waals surface area contributed by atoms with Crippen LogP contribution >= 0.6 is 0 Å². The summed E-state index contributed by atoms with van der Waals surface area (Å²) in [5.74, 6) is -0.173. The number of aliphatic imine (C=N–C) groups is 1. The molecule has 2 aromatic carbocycles. The highest BCUT2D eigenvalue weighted by Crippen LogP contribution is 2.23. The van der Waals surface area contributed by atoms with Gasteiger partial charge in [0.25, 0.3) is 5.91 Å². The summed E-state index contributed by atoms with van der Waals surface area (Å²) in [6.45, 7) is 7.16. The molecular formula is C21H28N6O. The van der Waals surface area contributed by atoms with Gasteiger partial charge in [0, 0.05) is 44.0 Å². The van der Waals surface area contributed by atoms with Crippen LogP contribution in [0.4, 0.5) is 11.4 Å². The second kappa shape index (κ2) is 8.86. The second-order valence-corrected chi connectivity index (χ2v) is 7.27. The molecule has 1 saturated heterocycles. The third-order valence-electron chi connectivity index (χ3n) is 4.93. The average Bonchev–Trinajstić information content (AvgIpc) is 2.66. The zero-order valence-corrected chi connectivity index (χ0v) is 16.5. The molecule has 5 N–H and O–H groups in total. The summed E-state index contributed by atoms with van der Waals surface area (Å²) in [7, 11) is 2.15. The molecule has 0 bridgehead atoms. The van der Waals surface area contributed by atoms with Gasteiger partial charge in [-0.15, -0.1) is 0 Å². The SMILES string of the molecule is Cc1ccc(NC(=O)c2ccc(CN3CCN(C)CC3)cc2)cc1N=C(N)N. The topological polar surface area (TPSA) is 100.0 Å². The molecule has 0 radical (unpaired) electrons. The van der Waals surface area contributed by atoms with Crippen LogP contribution in [-0.2, 0) is 6.54 Å². The molecule has 0 aromatic heterocycles. The maximum absolute atomic E-state index is 12.6. The molecule has 1 aliphatic heterocycles. The number of hydrogen-bond donors (Lipinski definition) is 3. The first-order chi connectivity index (χ1) is 13.4. The fourth-order valence-electron chi connectivity index (χ4n) is 3.18. The first-order valence-corrected chi connectivity index (χ1v) is 9.42. The van der Waals surface area contributed by atoms with E-state index in [2.05, 4.69) is 27.2 Å². The van der Waals surface area contributed by atoms with Gasteiger partial charge in [0.15, 0.2) is 5.96 Å². The summed E-state index contributed by atoms with van der Waals surface area (Å²) in [4.78, 5) is 21.4. The van der Waals surface area contributed by atoms with Gasteiger partial charge in [-0.2, -0.15) is 0 Å². The molecule has 7 heteroatoms. The number of piperazine rings is 1. The highest BCUT2D eigenvalue weighted by Gasteiger charge is 2.14. The summed E-state index contributed by atoms with van der Waals surface area (Å²) in [6, 6.07) is 13.2. The number of hydrogen-bond acceptors (Lipinski definition) is 4. The van der Waals surface area contributed by atoms with Crippen molar-refractivity contribution >= 4 is 23.2 Å². The van der Waals surface area contributed by atoms with Crippen LogP contribution in [0.2, 0.25) is 0 Å². The molecule has 1 heterocycles. The largest absolute Gasteiger partial charge is 0.370 e. The number of nitrogens with one attached hydrogen (secondary N) is 1. The number of likely N-dealkylation sites (N-methyl/N-ethyl adjacent to an activating group) is 1. The van der Waals surface area contributed by atoms with Crippen molar-refractivity contribution in [1.82, 2.24) is 9.80 Å². The maximum Gasteiger partial charge on any atom is 0.255 e. The average molecular weight is 380 g/mol. The lowest BCUT2D eigenvalue weighted by molar-refractivity contribution is 0.102. The van der Waals surface area contributed by atoms with E-state index in [4.69, 9.17) is 11.5 Å². The van der Waals surface area contributed by atoms with Crippen molar-refractivity contribution in [2.45, 2.75) is 13.5 Å². The predicted molar refractivity (Wildman–Crippen MR) is 114 cm³/mol. The van der Waals surface area contributed by atoms with E-state index in [-0.39, 0.29) is 11.9 Å². The van der Waals surface area contributed by atoms with Gasteiger partial charge in [0.05, 0.1) is 5.69 Å². The highest BCUT2D eigenvalue weighted by molar-refractivity contribution is 6.04. The van der Waals surface area contributed by atoms with Gasteiger partial charge < -0.3 is 21.7 Å². The van der Waals surface area contributed by atoms with Crippen LogP contribution in [0.1, 0.15) is 21.5 Å². The predicted octanol–water partition coefficient (Wildman–Crippen LogP) is 1.90. The number of carbonyl (C=O) groups is 1. The van der Waals surface area contributed by atoms with Gasteiger partial charge in [-0.05, 0) is 49.4 Å². The molecule has 2 aromatic rings. The van der Waals surface area contributed by atoms with Crippen molar-refractivity contribution < 1.29 is 4.79 Å². The van der Waals surface area contributed by atoms with Crippen molar-refractivity contribution in [3.05, 3.63) is 59.2 Å². The van der Waals surface area contributed by atoms with E-state index >= 15 is 0 Å². The van der Waals surface area contributed by atoms with Crippen molar-refractivity contribution in [3.63, 3.8) is 0 Å². The Morgan fingerprint density at radius 3 is 2.39 bits per heavy atom. The minimum absolute atomic E-state index is 0.0116. The minimum atomic E-state index is -0.161. The number of rotatable bonds is 5. The number of amides is 1. The lowest BCUT2D eigenvalue weighted by Gasteiger charge is -2.32. The molecule has 148 valence electrons. The van der Waals surface area contributed by atoms with Gasteiger partial charge in [-0.25, -0.2) is 4.99 Å². The first kappa shape index (κ1) is 19.9. The van der Waals surface area contributed by atoms with E-state index in [0.717, 1.165) is 38.3 Å². The number of anilines is 1. The van der Waals surface area contributed by atoms with Gasteiger partial charge in [0.2, 0.25) is 0 Å². The summed E-state index contributed by atoms with van der Waals surface area (Å²) < 4.78 is 0. The third kappa shape index (κ3) is 5.31. The minimum Gasteiger partial charge on any atom is -0.370 e. The van der Waals surface area contributed by atoms with Crippen molar-refractivity contribution in [2.75, 3.05) is 38.5 Å². The number of nitrogens with two attached hydrogens (primary N) is 2. The summed E-state index contributed by atoms with van der Waals surface area (Å²) in [6.07, 6.45) is 0. The van der Waals surface area contributed by atoms with Crippen molar-refractivity contribution in [2.24, 2.45) is 16.5 Å². The Labute approximate surface area is 166 Å². The summed E-state index contributed by atoms with van der Waals surface area (Å²) in [5, 5.41) is 2.90. The quantitative estimate of drug-likeness (QED) is 0.543. The van der Waals surface area contributed by atoms with Crippen LogP contribution in [0.15, 0.2) is 47.5 Å². The fourth-order valence-corrected chi connectivity index (χ4v) is 3.18. The van der Waals surface area contributed by atoms with E-state index < -0.39 is 0 Å². The van der Waals surface area contributed by atoms with E-state index in [1.807, 2.05) is 43.3 Å². The van der Waals surface area contributed by atoms with Crippen LogP contribution in [0.3, 0.4) is 0 Å². The molecule has 0 spiro atoms. The number of aryl methyl sites for hydroxylation is 1. The lowest BCUT2D eigenvalue weighted by atomic mass is 10.1.